The molecule has 1 unspecified atom stereocenters. The molecule has 0 fully saturated rings. The Labute approximate surface area is 153 Å². The Morgan fingerprint density at radius 2 is 1.64 bits per heavy atom. The summed E-state index contributed by atoms with van der Waals surface area (Å²) in [7, 11) is 0. The van der Waals surface area contributed by atoms with Gasteiger partial charge in [-0.05, 0) is 69.0 Å². The van der Waals surface area contributed by atoms with Crippen molar-refractivity contribution < 1.29 is 19.4 Å². The minimum Gasteiger partial charge on any atom is -0.494 e. The van der Waals surface area contributed by atoms with Gasteiger partial charge in [0.1, 0.15) is 11.5 Å². The van der Waals surface area contributed by atoms with Gasteiger partial charge in [-0.3, -0.25) is 0 Å². The van der Waals surface area contributed by atoms with Gasteiger partial charge in [0.2, 0.25) is 0 Å². The van der Waals surface area contributed by atoms with Gasteiger partial charge in [-0.2, -0.15) is 0 Å². The van der Waals surface area contributed by atoms with Crippen LogP contribution in [0.25, 0.3) is 0 Å². The summed E-state index contributed by atoms with van der Waals surface area (Å²) < 4.78 is 11.2. The van der Waals surface area contributed by atoms with Gasteiger partial charge in [-0.25, -0.2) is 4.79 Å². The Kier molecular flexibility index (Phi) is 7.61. The number of carboxylic acid groups (broad SMARTS) is 1. The van der Waals surface area contributed by atoms with Crippen LogP contribution < -0.4 is 9.47 Å². The molecule has 0 aliphatic rings. The van der Waals surface area contributed by atoms with Crippen LogP contribution in [0.1, 0.15) is 31.2 Å². The molecule has 2 rings (SSSR count). The average molecular weight is 363 g/mol. The third kappa shape index (κ3) is 7.06. The minimum absolute atomic E-state index is 0.476. The maximum absolute atomic E-state index is 11.3. The first-order valence-corrected chi connectivity index (χ1v) is 8.77. The number of aryl methyl sites for hydroxylation is 1. The van der Waals surface area contributed by atoms with Crippen molar-refractivity contribution >= 4 is 17.6 Å². The van der Waals surface area contributed by atoms with Crippen molar-refractivity contribution in [2.45, 2.75) is 38.7 Å². The standard InChI is InChI=1S/C20H23ClO4/c1-15-6-10-18(11-7-15)25-19(20(22)23)5-3-2-4-14-24-17-12-8-16(21)9-13-17/h6-13,19H,2-5,14H2,1H3,(H,22,23). The lowest BCUT2D eigenvalue weighted by atomic mass is 10.1. The summed E-state index contributed by atoms with van der Waals surface area (Å²) >= 11 is 5.82. The fraction of sp³-hybridized carbons (Fsp3) is 0.350. The maximum Gasteiger partial charge on any atom is 0.344 e. The minimum atomic E-state index is -0.932. The molecule has 0 aromatic heterocycles. The molecule has 134 valence electrons. The SMILES string of the molecule is Cc1ccc(OC(CCCCCOc2ccc(Cl)cc2)C(=O)O)cc1. The van der Waals surface area contributed by atoms with Gasteiger partial charge in [-0.1, -0.05) is 29.3 Å². The van der Waals surface area contributed by atoms with E-state index in [-0.39, 0.29) is 0 Å². The molecule has 0 bridgehead atoms. The van der Waals surface area contributed by atoms with Crippen molar-refractivity contribution in [2.24, 2.45) is 0 Å². The first-order valence-electron chi connectivity index (χ1n) is 8.39. The zero-order chi connectivity index (χ0) is 18.1. The Balaban J connectivity index is 1.66. The molecular weight excluding hydrogens is 340 g/mol. The topological polar surface area (TPSA) is 55.8 Å². The van der Waals surface area contributed by atoms with E-state index in [1.54, 1.807) is 24.3 Å². The highest BCUT2D eigenvalue weighted by atomic mass is 35.5. The van der Waals surface area contributed by atoms with Crippen LogP contribution in [-0.2, 0) is 4.79 Å². The lowest BCUT2D eigenvalue weighted by molar-refractivity contribution is -0.145. The maximum atomic E-state index is 11.3. The van der Waals surface area contributed by atoms with E-state index in [1.165, 1.54) is 0 Å². The zero-order valence-corrected chi connectivity index (χ0v) is 15.0. The van der Waals surface area contributed by atoms with E-state index in [4.69, 9.17) is 21.1 Å². The van der Waals surface area contributed by atoms with Crippen LogP contribution in [0.2, 0.25) is 5.02 Å². The Hall–Kier alpha value is -2.20. The number of unbranched alkanes of at least 4 members (excludes halogenated alkanes) is 2. The van der Waals surface area contributed by atoms with Crippen LogP contribution in [0.4, 0.5) is 0 Å². The Bertz CT molecular complexity index is 652. The zero-order valence-electron chi connectivity index (χ0n) is 14.3. The van der Waals surface area contributed by atoms with E-state index in [1.807, 2.05) is 31.2 Å². The fourth-order valence-corrected chi connectivity index (χ4v) is 2.47. The molecule has 2 aromatic rings. The van der Waals surface area contributed by atoms with Gasteiger partial charge in [0.05, 0.1) is 6.61 Å². The highest BCUT2D eigenvalue weighted by Gasteiger charge is 2.18. The van der Waals surface area contributed by atoms with Gasteiger partial charge in [0, 0.05) is 5.02 Å². The first kappa shape index (κ1) is 19.1. The quantitative estimate of drug-likeness (QED) is 0.596. The van der Waals surface area contributed by atoms with Crippen LogP contribution in [0.5, 0.6) is 11.5 Å². The molecule has 5 heteroatoms. The van der Waals surface area contributed by atoms with Crippen LogP contribution in [0, 0.1) is 6.92 Å². The molecule has 2 aromatic carbocycles. The summed E-state index contributed by atoms with van der Waals surface area (Å²) in [6.45, 7) is 2.57. The third-order valence-electron chi connectivity index (χ3n) is 3.77. The van der Waals surface area contributed by atoms with Gasteiger partial charge in [-0.15, -0.1) is 0 Å². The summed E-state index contributed by atoms with van der Waals surface area (Å²) in [5.41, 5.74) is 1.11. The number of carboxylic acids is 1. The van der Waals surface area contributed by atoms with Gasteiger partial charge in [0.25, 0.3) is 0 Å². The molecule has 0 amide bonds. The monoisotopic (exact) mass is 362 g/mol. The Morgan fingerprint density at radius 1 is 1.00 bits per heavy atom. The van der Waals surface area contributed by atoms with Crippen molar-refractivity contribution in [3.8, 4) is 11.5 Å². The molecule has 0 saturated heterocycles. The van der Waals surface area contributed by atoms with Crippen LogP contribution in [-0.4, -0.2) is 23.8 Å². The normalized spacial score (nSPS) is 11.8. The lowest BCUT2D eigenvalue weighted by Crippen LogP contribution is -2.26. The molecule has 0 heterocycles. The largest absolute Gasteiger partial charge is 0.494 e. The summed E-state index contributed by atoms with van der Waals surface area (Å²) in [6, 6.07) is 14.6. The van der Waals surface area contributed by atoms with Gasteiger partial charge >= 0.3 is 5.97 Å². The van der Waals surface area contributed by atoms with Crippen molar-refractivity contribution in [1.82, 2.24) is 0 Å². The van der Waals surface area contributed by atoms with Gasteiger partial charge in [0.15, 0.2) is 6.10 Å². The molecular formula is C20H23ClO4. The molecule has 1 atom stereocenters. The van der Waals surface area contributed by atoms with E-state index >= 15 is 0 Å². The summed E-state index contributed by atoms with van der Waals surface area (Å²) in [5, 5.41) is 9.98. The van der Waals surface area contributed by atoms with E-state index in [0.717, 1.165) is 30.6 Å². The Morgan fingerprint density at radius 3 is 2.28 bits per heavy atom. The van der Waals surface area contributed by atoms with Crippen LogP contribution in [0.15, 0.2) is 48.5 Å². The van der Waals surface area contributed by atoms with E-state index in [0.29, 0.717) is 23.8 Å². The molecule has 25 heavy (non-hydrogen) atoms. The summed E-state index contributed by atoms with van der Waals surface area (Å²) in [6.07, 6.45) is 2.17. The average Bonchev–Trinajstić information content (AvgIpc) is 2.60. The highest BCUT2D eigenvalue weighted by molar-refractivity contribution is 6.30. The number of hydrogen-bond donors (Lipinski definition) is 1. The molecule has 0 radical (unpaired) electrons. The smallest absolute Gasteiger partial charge is 0.344 e. The van der Waals surface area contributed by atoms with Crippen molar-refractivity contribution in [2.75, 3.05) is 6.61 Å². The number of ether oxygens (including phenoxy) is 2. The third-order valence-corrected chi connectivity index (χ3v) is 4.02. The van der Waals surface area contributed by atoms with Crippen LogP contribution in [0.3, 0.4) is 0 Å². The second kappa shape index (κ2) is 9.94. The van der Waals surface area contributed by atoms with Crippen LogP contribution >= 0.6 is 11.6 Å². The van der Waals surface area contributed by atoms with Gasteiger partial charge < -0.3 is 14.6 Å². The molecule has 0 saturated carbocycles. The van der Waals surface area contributed by atoms with Crippen molar-refractivity contribution in [3.05, 3.63) is 59.1 Å². The van der Waals surface area contributed by atoms with Crippen molar-refractivity contribution in [1.29, 1.82) is 0 Å². The number of hydrogen-bond acceptors (Lipinski definition) is 3. The number of aliphatic carboxylic acids is 1. The first-order chi connectivity index (χ1) is 12.0. The van der Waals surface area contributed by atoms with E-state index in [2.05, 4.69) is 0 Å². The lowest BCUT2D eigenvalue weighted by Gasteiger charge is -2.15. The number of carbonyl (C=O) groups is 1. The summed E-state index contributed by atoms with van der Waals surface area (Å²) in [4.78, 5) is 11.3. The predicted molar refractivity (Wildman–Crippen MR) is 98.6 cm³/mol. The highest BCUT2D eigenvalue weighted by Crippen LogP contribution is 2.18. The number of halogens is 1. The van der Waals surface area contributed by atoms with Crippen molar-refractivity contribution in [3.63, 3.8) is 0 Å². The number of benzene rings is 2. The molecule has 1 N–H and O–H groups in total. The second-order valence-electron chi connectivity index (χ2n) is 5.91. The summed E-state index contributed by atoms with van der Waals surface area (Å²) in [5.74, 6) is 0.442. The molecule has 4 nitrogen and oxygen atoms in total. The second-order valence-corrected chi connectivity index (χ2v) is 6.35. The van der Waals surface area contributed by atoms with E-state index < -0.39 is 12.1 Å². The molecule has 0 spiro atoms. The fourth-order valence-electron chi connectivity index (χ4n) is 2.34. The molecule has 0 aliphatic carbocycles. The molecule has 0 aliphatic heterocycles. The number of rotatable bonds is 10. The predicted octanol–water partition coefficient (Wildman–Crippen LogP) is 5.12. The van der Waals surface area contributed by atoms with E-state index in [9.17, 15) is 9.90 Å².